The van der Waals surface area contributed by atoms with Crippen LogP contribution in [0.5, 0.6) is 0 Å². The van der Waals surface area contributed by atoms with Crippen LogP contribution in [0.1, 0.15) is 25.8 Å². The lowest BCUT2D eigenvalue weighted by Gasteiger charge is -2.36. The van der Waals surface area contributed by atoms with Gasteiger partial charge in [0, 0.05) is 19.2 Å². The second-order valence-electron chi connectivity index (χ2n) is 5.60. The summed E-state index contributed by atoms with van der Waals surface area (Å²) in [6.45, 7) is 8.13. The molecule has 1 aromatic rings. The molecule has 4 heteroatoms. The predicted molar refractivity (Wildman–Crippen MR) is 73.0 cm³/mol. The Morgan fingerprint density at radius 3 is 2.44 bits per heavy atom. The highest BCUT2D eigenvalue weighted by atomic mass is 16.6. The Hall–Kier alpha value is -1.58. The quantitative estimate of drug-likeness (QED) is 0.595. The van der Waals surface area contributed by atoms with Gasteiger partial charge in [-0.3, -0.25) is 10.1 Å². The fraction of sp³-hybridized carbons (Fsp3) is 0.571. The molecule has 1 heterocycles. The molecule has 98 valence electrons. The standard InChI is InChI=1S/C14H20N2O2/c1-10-4-5-13(14(7-10)16(17)18)15-8-11(2)6-12(3)9-15/h4-5,7,11-12H,6,8-9H2,1-3H3/t11-,12-/m0/s1. The molecule has 2 atom stereocenters. The first kappa shape index (κ1) is 12.9. The van der Waals surface area contributed by atoms with Crippen LogP contribution in [0.3, 0.4) is 0 Å². The van der Waals surface area contributed by atoms with Gasteiger partial charge in [-0.15, -0.1) is 0 Å². The van der Waals surface area contributed by atoms with Crippen LogP contribution in [0.15, 0.2) is 18.2 Å². The number of hydrogen-bond acceptors (Lipinski definition) is 3. The SMILES string of the molecule is Cc1ccc(N2C[C@@H](C)C[C@H](C)C2)c([N+](=O)[O-])c1. The van der Waals surface area contributed by atoms with Crippen molar-refractivity contribution in [2.24, 2.45) is 11.8 Å². The molecular formula is C14H20N2O2. The van der Waals surface area contributed by atoms with Gasteiger partial charge in [-0.1, -0.05) is 19.9 Å². The monoisotopic (exact) mass is 248 g/mol. The van der Waals surface area contributed by atoms with Gasteiger partial charge in [-0.25, -0.2) is 0 Å². The summed E-state index contributed by atoms with van der Waals surface area (Å²) in [4.78, 5) is 13.1. The van der Waals surface area contributed by atoms with Crippen molar-refractivity contribution >= 4 is 11.4 Å². The summed E-state index contributed by atoms with van der Waals surface area (Å²) in [5.41, 5.74) is 1.93. The maximum Gasteiger partial charge on any atom is 0.292 e. The minimum Gasteiger partial charge on any atom is -0.365 e. The molecule has 1 fully saturated rings. The van der Waals surface area contributed by atoms with Gasteiger partial charge in [0.25, 0.3) is 5.69 Å². The molecule has 2 rings (SSSR count). The third-order valence-corrected chi connectivity index (χ3v) is 3.54. The van der Waals surface area contributed by atoms with Gasteiger partial charge < -0.3 is 4.90 Å². The Balaban J connectivity index is 2.35. The van der Waals surface area contributed by atoms with Gasteiger partial charge >= 0.3 is 0 Å². The highest BCUT2D eigenvalue weighted by molar-refractivity contribution is 5.64. The Morgan fingerprint density at radius 1 is 1.28 bits per heavy atom. The highest BCUT2D eigenvalue weighted by Crippen LogP contribution is 2.33. The van der Waals surface area contributed by atoms with Crippen molar-refractivity contribution in [2.75, 3.05) is 18.0 Å². The zero-order valence-corrected chi connectivity index (χ0v) is 11.2. The number of hydrogen-bond donors (Lipinski definition) is 0. The summed E-state index contributed by atoms with van der Waals surface area (Å²) in [5, 5.41) is 11.2. The molecule has 0 amide bonds. The number of anilines is 1. The van der Waals surface area contributed by atoms with Gasteiger partial charge in [0.2, 0.25) is 0 Å². The minimum absolute atomic E-state index is 0.233. The Bertz CT molecular complexity index is 449. The molecule has 1 aliphatic rings. The number of nitrogens with zero attached hydrogens (tertiary/aromatic N) is 2. The fourth-order valence-corrected chi connectivity index (χ4v) is 2.91. The van der Waals surface area contributed by atoms with Crippen molar-refractivity contribution in [2.45, 2.75) is 27.2 Å². The topological polar surface area (TPSA) is 46.4 Å². The van der Waals surface area contributed by atoms with E-state index in [1.165, 1.54) is 6.42 Å². The second-order valence-corrected chi connectivity index (χ2v) is 5.60. The van der Waals surface area contributed by atoms with Crippen LogP contribution in [-0.2, 0) is 0 Å². The molecule has 0 N–H and O–H groups in total. The molecule has 1 saturated heterocycles. The smallest absolute Gasteiger partial charge is 0.292 e. The van der Waals surface area contributed by atoms with Gasteiger partial charge in [-0.05, 0) is 36.8 Å². The maximum absolute atomic E-state index is 11.2. The summed E-state index contributed by atoms with van der Waals surface area (Å²) in [7, 11) is 0. The minimum atomic E-state index is -0.272. The largest absolute Gasteiger partial charge is 0.365 e. The zero-order chi connectivity index (χ0) is 13.3. The lowest BCUT2D eigenvalue weighted by Crippen LogP contribution is -2.39. The van der Waals surface area contributed by atoms with Crippen molar-refractivity contribution in [3.63, 3.8) is 0 Å². The van der Waals surface area contributed by atoms with Crippen molar-refractivity contribution in [1.29, 1.82) is 0 Å². The van der Waals surface area contributed by atoms with E-state index in [0.29, 0.717) is 11.8 Å². The molecule has 18 heavy (non-hydrogen) atoms. The third-order valence-electron chi connectivity index (χ3n) is 3.54. The normalized spacial score (nSPS) is 24.1. The molecular weight excluding hydrogens is 228 g/mol. The van der Waals surface area contributed by atoms with Crippen LogP contribution >= 0.6 is 0 Å². The summed E-state index contributed by atoms with van der Waals surface area (Å²) < 4.78 is 0. The van der Waals surface area contributed by atoms with Gasteiger partial charge in [-0.2, -0.15) is 0 Å². The van der Waals surface area contributed by atoms with E-state index in [2.05, 4.69) is 18.7 Å². The second kappa shape index (κ2) is 4.96. The molecule has 0 aliphatic carbocycles. The Kier molecular flexibility index (Phi) is 3.55. The van der Waals surface area contributed by atoms with E-state index in [1.807, 2.05) is 19.1 Å². The van der Waals surface area contributed by atoms with Crippen LogP contribution in [-0.4, -0.2) is 18.0 Å². The lowest BCUT2D eigenvalue weighted by atomic mass is 9.91. The van der Waals surface area contributed by atoms with Crippen LogP contribution < -0.4 is 4.90 Å². The van der Waals surface area contributed by atoms with Crippen molar-refractivity contribution < 1.29 is 4.92 Å². The van der Waals surface area contributed by atoms with Gasteiger partial charge in [0.05, 0.1) is 4.92 Å². The Labute approximate surface area is 108 Å². The van der Waals surface area contributed by atoms with Crippen LogP contribution in [0.4, 0.5) is 11.4 Å². The number of nitro benzene ring substituents is 1. The molecule has 0 spiro atoms. The van der Waals surface area contributed by atoms with Gasteiger partial charge in [0.15, 0.2) is 0 Å². The molecule has 0 bridgehead atoms. The molecule has 0 saturated carbocycles. The first-order valence-corrected chi connectivity index (χ1v) is 6.47. The molecule has 1 aliphatic heterocycles. The summed E-state index contributed by atoms with van der Waals surface area (Å²) in [6.07, 6.45) is 1.20. The first-order valence-electron chi connectivity index (χ1n) is 6.47. The number of benzene rings is 1. The average Bonchev–Trinajstić information content (AvgIpc) is 2.27. The van der Waals surface area contributed by atoms with E-state index in [9.17, 15) is 10.1 Å². The van der Waals surface area contributed by atoms with Crippen molar-refractivity contribution in [1.82, 2.24) is 0 Å². The lowest BCUT2D eigenvalue weighted by molar-refractivity contribution is -0.384. The van der Waals surface area contributed by atoms with E-state index < -0.39 is 0 Å². The molecule has 0 radical (unpaired) electrons. The third kappa shape index (κ3) is 2.63. The zero-order valence-electron chi connectivity index (χ0n) is 11.2. The first-order chi connectivity index (χ1) is 8.47. The number of aryl methyl sites for hydroxylation is 1. The maximum atomic E-state index is 11.2. The Morgan fingerprint density at radius 2 is 1.89 bits per heavy atom. The van der Waals surface area contributed by atoms with E-state index in [0.717, 1.165) is 24.3 Å². The molecule has 1 aromatic carbocycles. The molecule has 0 aromatic heterocycles. The van der Waals surface area contributed by atoms with Crippen LogP contribution in [0.25, 0.3) is 0 Å². The molecule has 0 unspecified atom stereocenters. The highest BCUT2D eigenvalue weighted by Gasteiger charge is 2.26. The number of nitro groups is 1. The van der Waals surface area contributed by atoms with Crippen molar-refractivity contribution in [3.8, 4) is 0 Å². The van der Waals surface area contributed by atoms with E-state index in [4.69, 9.17) is 0 Å². The number of rotatable bonds is 2. The summed E-state index contributed by atoms with van der Waals surface area (Å²) >= 11 is 0. The van der Waals surface area contributed by atoms with E-state index in [1.54, 1.807) is 6.07 Å². The predicted octanol–water partition coefficient (Wildman–Crippen LogP) is 3.39. The fourth-order valence-electron chi connectivity index (χ4n) is 2.91. The van der Waals surface area contributed by atoms with Crippen LogP contribution in [0.2, 0.25) is 0 Å². The summed E-state index contributed by atoms with van der Waals surface area (Å²) in [6, 6.07) is 5.50. The average molecular weight is 248 g/mol. The van der Waals surface area contributed by atoms with Crippen LogP contribution in [0, 0.1) is 28.9 Å². The number of piperidine rings is 1. The van der Waals surface area contributed by atoms with Gasteiger partial charge in [0.1, 0.15) is 5.69 Å². The summed E-state index contributed by atoms with van der Waals surface area (Å²) in [5.74, 6) is 1.18. The van der Waals surface area contributed by atoms with Crippen molar-refractivity contribution in [3.05, 3.63) is 33.9 Å². The van der Waals surface area contributed by atoms with E-state index in [-0.39, 0.29) is 10.6 Å². The molecule has 4 nitrogen and oxygen atoms in total. The van der Waals surface area contributed by atoms with E-state index >= 15 is 0 Å².